The van der Waals surface area contributed by atoms with Gasteiger partial charge in [-0.15, -0.1) is 0 Å². The smallest absolute Gasteiger partial charge is 0.274 e. The van der Waals surface area contributed by atoms with Crippen molar-refractivity contribution in [1.82, 2.24) is 20.2 Å². The molecule has 0 aromatic carbocycles. The van der Waals surface area contributed by atoms with Crippen molar-refractivity contribution in [2.24, 2.45) is 0 Å². The number of anilines is 1. The van der Waals surface area contributed by atoms with Gasteiger partial charge >= 0.3 is 0 Å². The van der Waals surface area contributed by atoms with Crippen molar-refractivity contribution >= 4 is 23.5 Å². The van der Waals surface area contributed by atoms with E-state index in [0.717, 1.165) is 4.90 Å². The van der Waals surface area contributed by atoms with Crippen LogP contribution >= 0.6 is 0 Å². The van der Waals surface area contributed by atoms with Gasteiger partial charge in [0.25, 0.3) is 5.91 Å². The minimum absolute atomic E-state index is 0.101. The summed E-state index contributed by atoms with van der Waals surface area (Å²) >= 11 is 0. The van der Waals surface area contributed by atoms with Gasteiger partial charge in [-0.3, -0.25) is 19.7 Å². The van der Waals surface area contributed by atoms with Gasteiger partial charge in [-0.2, -0.15) is 0 Å². The molecule has 2 heterocycles. The Bertz CT molecular complexity index is 498. The Morgan fingerprint density at radius 2 is 2.00 bits per heavy atom. The van der Waals surface area contributed by atoms with Crippen molar-refractivity contribution in [2.45, 2.75) is 6.92 Å². The number of nitrogens with zero attached hydrogens (tertiary/aromatic N) is 3. The Morgan fingerprint density at radius 1 is 1.32 bits per heavy atom. The molecule has 0 spiro atoms. The zero-order valence-corrected chi connectivity index (χ0v) is 10.3. The molecule has 1 saturated heterocycles. The van der Waals surface area contributed by atoms with Gasteiger partial charge in [0.2, 0.25) is 11.8 Å². The van der Waals surface area contributed by atoms with Crippen molar-refractivity contribution in [1.29, 1.82) is 0 Å². The van der Waals surface area contributed by atoms with Crippen LogP contribution in [0.5, 0.6) is 0 Å². The zero-order valence-electron chi connectivity index (χ0n) is 10.3. The molecule has 2 rings (SSSR count). The molecule has 1 aliphatic rings. The summed E-state index contributed by atoms with van der Waals surface area (Å²) < 4.78 is 0. The largest absolute Gasteiger partial charge is 0.369 e. The van der Waals surface area contributed by atoms with Crippen LogP contribution in [0.4, 0.5) is 5.82 Å². The lowest BCUT2D eigenvalue weighted by Gasteiger charge is -2.24. The third kappa shape index (κ3) is 3.03. The quantitative estimate of drug-likeness (QED) is 0.678. The van der Waals surface area contributed by atoms with E-state index in [0.29, 0.717) is 12.4 Å². The van der Waals surface area contributed by atoms with Crippen molar-refractivity contribution < 1.29 is 14.4 Å². The first kappa shape index (κ1) is 12.9. The van der Waals surface area contributed by atoms with Crippen molar-refractivity contribution in [2.75, 3.05) is 25.0 Å². The maximum absolute atomic E-state index is 12.0. The average molecular weight is 263 g/mol. The SMILES string of the molecule is CCNc1cnc(C(=O)N2CC(=O)NC(=O)C2)cn1. The average Bonchev–Trinajstić information content (AvgIpc) is 2.38. The predicted octanol–water partition coefficient (Wildman–Crippen LogP) is -0.993. The summed E-state index contributed by atoms with van der Waals surface area (Å²) in [7, 11) is 0. The van der Waals surface area contributed by atoms with E-state index in [1.165, 1.54) is 12.4 Å². The Balaban J connectivity index is 2.10. The van der Waals surface area contributed by atoms with Crippen LogP contribution in [-0.4, -0.2) is 52.2 Å². The molecule has 0 atom stereocenters. The Labute approximate surface area is 109 Å². The fraction of sp³-hybridized carbons (Fsp3) is 0.364. The van der Waals surface area contributed by atoms with Gasteiger partial charge in [0, 0.05) is 6.54 Å². The number of imide groups is 1. The maximum Gasteiger partial charge on any atom is 0.274 e. The van der Waals surface area contributed by atoms with E-state index in [4.69, 9.17) is 0 Å². The number of rotatable bonds is 3. The summed E-state index contributed by atoms with van der Waals surface area (Å²) in [5.74, 6) is -0.922. The van der Waals surface area contributed by atoms with Crippen LogP contribution in [-0.2, 0) is 9.59 Å². The highest BCUT2D eigenvalue weighted by atomic mass is 16.2. The van der Waals surface area contributed by atoms with Crippen LogP contribution in [0.3, 0.4) is 0 Å². The van der Waals surface area contributed by atoms with Crippen LogP contribution in [0, 0.1) is 0 Å². The molecule has 0 saturated carbocycles. The minimum atomic E-state index is -0.498. The molecule has 0 bridgehead atoms. The van der Waals surface area contributed by atoms with E-state index in [9.17, 15) is 14.4 Å². The van der Waals surface area contributed by atoms with Crippen LogP contribution in [0.2, 0.25) is 0 Å². The van der Waals surface area contributed by atoms with Gasteiger partial charge < -0.3 is 10.2 Å². The van der Waals surface area contributed by atoms with Crippen LogP contribution < -0.4 is 10.6 Å². The highest BCUT2D eigenvalue weighted by Gasteiger charge is 2.27. The van der Waals surface area contributed by atoms with Gasteiger partial charge in [0.05, 0.1) is 12.4 Å². The lowest BCUT2D eigenvalue weighted by atomic mass is 10.3. The van der Waals surface area contributed by atoms with E-state index in [-0.39, 0.29) is 18.8 Å². The first-order valence-corrected chi connectivity index (χ1v) is 5.78. The van der Waals surface area contributed by atoms with Crippen molar-refractivity contribution in [3.63, 3.8) is 0 Å². The second kappa shape index (κ2) is 5.42. The summed E-state index contributed by atoms with van der Waals surface area (Å²) in [4.78, 5) is 43.5. The highest BCUT2D eigenvalue weighted by Crippen LogP contribution is 2.05. The highest BCUT2D eigenvalue weighted by molar-refractivity contribution is 6.05. The summed E-state index contributed by atoms with van der Waals surface area (Å²) in [5.41, 5.74) is 0.101. The topological polar surface area (TPSA) is 104 Å². The third-order valence-corrected chi connectivity index (χ3v) is 2.46. The van der Waals surface area contributed by atoms with E-state index in [2.05, 4.69) is 20.6 Å². The number of amides is 3. The standard InChI is InChI=1S/C11H13N5O3/c1-2-12-8-4-13-7(3-14-8)11(19)16-5-9(17)15-10(18)6-16/h3-4H,2,5-6H2,1H3,(H,12,14)(H,15,17,18). The molecule has 1 aromatic heterocycles. The molecule has 0 aliphatic carbocycles. The van der Waals surface area contributed by atoms with E-state index >= 15 is 0 Å². The summed E-state index contributed by atoms with van der Waals surface area (Å²) in [6.07, 6.45) is 2.75. The van der Waals surface area contributed by atoms with E-state index in [1.54, 1.807) is 0 Å². The number of piperazine rings is 1. The fourth-order valence-electron chi connectivity index (χ4n) is 1.65. The molecule has 8 heteroatoms. The number of carbonyl (C=O) groups is 3. The normalized spacial score (nSPS) is 15.1. The molecular weight excluding hydrogens is 250 g/mol. The number of aromatic nitrogens is 2. The Morgan fingerprint density at radius 3 is 2.53 bits per heavy atom. The molecule has 1 fully saturated rings. The molecule has 1 aliphatic heterocycles. The maximum atomic E-state index is 12.0. The summed E-state index contributed by atoms with van der Waals surface area (Å²) in [5, 5.41) is 5.07. The minimum Gasteiger partial charge on any atom is -0.369 e. The van der Waals surface area contributed by atoms with Gasteiger partial charge in [0.15, 0.2) is 0 Å². The van der Waals surface area contributed by atoms with E-state index < -0.39 is 17.7 Å². The van der Waals surface area contributed by atoms with Crippen LogP contribution in [0.25, 0.3) is 0 Å². The first-order valence-electron chi connectivity index (χ1n) is 5.78. The number of hydrogen-bond acceptors (Lipinski definition) is 6. The van der Waals surface area contributed by atoms with Crippen molar-refractivity contribution in [3.8, 4) is 0 Å². The number of nitrogens with one attached hydrogen (secondary N) is 2. The molecule has 2 N–H and O–H groups in total. The molecule has 100 valence electrons. The van der Waals surface area contributed by atoms with Gasteiger partial charge in [-0.25, -0.2) is 9.97 Å². The second-order valence-electron chi connectivity index (χ2n) is 3.95. The molecule has 3 amide bonds. The zero-order chi connectivity index (χ0) is 13.8. The van der Waals surface area contributed by atoms with Crippen LogP contribution in [0.1, 0.15) is 17.4 Å². The van der Waals surface area contributed by atoms with Crippen LogP contribution in [0.15, 0.2) is 12.4 Å². The Kier molecular flexibility index (Phi) is 3.69. The number of hydrogen-bond donors (Lipinski definition) is 2. The number of carbonyl (C=O) groups excluding carboxylic acids is 3. The molecule has 1 aromatic rings. The molecule has 8 nitrogen and oxygen atoms in total. The molecule has 0 unspecified atom stereocenters. The van der Waals surface area contributed by atoms with Gasteiger partial charge in [0.1, 0.15) is 24.6 Å². The van der Waals surface area contributed by atoms with Crippen molar-refractivity contribution in [3.05, 3.63) is 18.1 Å². The van der Waals surface area contributed by atoms with Gasteiger partial charge in [-0.1, -0.05) is 0 Å². The molecule has 0 radical (unpaired) electrons. The fourth-order valence-corrected chi connectivity index (χ4v) is 1.65. The molecular formula is C11H13N5O3. The summed E-state index contributed by atoms with van der Waals surface area (Å²) in [6, 6.07) is 0. The first-order chi connectivity index (χ1) is 9.10. The monoisotopic (exact) mass is 263 g/mol. The lowest BCUT2D eigenvalue weighted by Crippen LogP contribution is -2.53. The third-order valence-electron chi connectivity index (χ3n) is 2.46. The van der Waals surface area contributed by atoms with Gasteiger partial charge in [-0.05, 0) is 6.92 Å². The van der Waals surface area contributed by atoms with E-state index in [1.807, 2.05) is 6.92 Å². The lowest BCUT2D eigenvalue weighted by molar-refractivity contribution is -0.135. The second-order valence-corrected chi connectivity index (χ2v) is 3.95. The molecule has 19 heavy (non-hydrogen) atoms. The summed E-state index contributed by atoms with van der Waals surface area (Å²) in [6.45, 7) is 2.31. The predicted molar refractivity (Wildman–Crippen MR) is 65.2 cm³/mol. The Hall–Kier alpha value is -2.51.